The Bertz CT molecular complexity index is 1570. The highest BCUT2D eigenvalue weighted by atomic mass is 32.2. The number of allylic oxidation sites excluding steroid dienone is 1. The molecule has 9 nitrogen and oxygen atoms in total. The Labute approximate surface area is 203 Å². The van der Waals surface area contributed by atoms with Gasteiger partial charge < -0.3 is 20.9 Å². The molecule has 0 bridgehead atoms. The van der Waals surface area contributed by atoms with Crippen LogP contribution in [-0.4, -0.2) is 46.3 Å². The number of para-hydroxylation sites is 2. The molecule has 0 spiro atoms. The van der Waals surface area contributed by atoms with E-state index in [0.29, 0.717) is 22.4 Å². The number of hydrogen-bond donors (Lipinski definition) is 4. The molecule has 0 aliphatic rings. The SMILES string of the molecule is C[C@H](O)C(N)=NS(=O)(=O)c1ccc(C(=O)C(=C(O)c2cccc(F)c2)c2nc3ccccc3[nH]2)s1. The zero-order valence-corrected chi connectivity index (χ0v) is 19.8. The van der Waals surface area contributed by atoms with Gasteiger partial charge in [-0.15, -0.1) is 15.7 Å². The summed E-state index contributed by atoms with van der Waals surface area (Å²) >= 11 is 0.604. The number of thiophene rings is 1. The molecular weight excluding hydrogens is 495 g/mol. The summed E-state index contributed by atoms with van der Waals surface area (Å²) in [6, 6.07) is 14.4. The number of Topliss-reactive ketones (excluding diaryl/α,β-unsaturated/α-hetero) is 1. The molecule has 2 heterocycles. The first-order valence-corrected chi connectivity index (χ1v) is 12.4. The van der Waals surface area contributed by atoms with E-state index in [1.807, 2.05) is 0 Å². The average Bonchev–Trinajstić information content (AvgIpc) is 3.46. The fraction of sp³-hybridized carbons (Fsp3) is 0.0870. The Morgan fingerprint density at radius 1 is 1.17 bits per heavy atom. The fourth-order valence-corrected chi connectivity index (χ4v) is 5.39. The smallest absolute Gasteiger partial charge is 0.293 e. The van der Waals surface area contributed by atoms with Gasteiger partial charge in [-0.05, 0) is 43.3 Å². The number of H-pyrrole nitrogens is 1. The predicted molar refractivity (Wildman–Crippen MR) is 131 cm³/mol. The number of nitrogens with one attached hydrogen (secondary N) is 1. The zero-order valence-electron chi connectivity index (χ0n) is 18.1. The van der Waals surface area contributed by atoms with Gasteiger partial charge in [0.2, 0.25) is 5.78 Å². The maximum atomic E-state index is 13.8. The van der Waals surface area contributed by atoms with Crippen molar-refractivity contribution in [2.24, 2.45) is 10.1 Å². The molecule has 0 amide bonds. The van der Waals surface area contributed by atoms with E-state index in [1.165, 1.54) is 37.3 Å². The molecule has 1 atom stereocenters. The van der Waals surface area contributed by atoms with Crippen LogP contribution in [-0.2, 0) is 10.0 Å². The van der Waals surface area contributed by atoms with Gasteiger partial charge in [0.25, 0.3) is 10.0 Å². The van der Waals surface area contributed by atoms with Crippen molar-refractivity contribution in [1.29, 1.82) is 0 Å². The number of sulfonamides is 1. The Morgan fingerprint density at radius 3 is 2.60 bits per heavy atom. The summed E-state index contributed by atoms with van der Waals surface area (Å²) in [6.45, 7) is 1.26. The van der Waals surface area contributed by atoms with E-state index in [-0.39, 0.29) is 26.0 Å². The minimum absolute atomic E-state index is 0.0205. The lowest BCUT2D eigenvalue weighted by Crippen LogP contribution is -2.26. The summed E-state index contributed by atoms with van der Waals surface area (Å²) in [7, 11) is -4.29. The first kappa shape index (κ1) is 24.3. The molecule has 5 N–H and O–H groups in total. The van der Waals surface area contributed by atoms with Crippen LogP contribution in [0.3, 0.4) is 0 Å². The number of nitrogens with two attached hydrogens (primary N) is 1. The van der Waals surface area contributed by atoms with E-state index in [9.17, 15) is 27.8 Å². The molecule has 2 aromatic carbocycles. The number of aromatic nitrogens is 2. The van der Waals surface area contributed by atoms with Crippen molar-refractivity contribution in [2.75, 3.05) is 0 Å². The van der Waals surface area contributed by atoms with E-state index in [0.717, 1.165) is 6.07 Å². The maximum absolute atomic E-state index is 13.8. The molecule has 0 aliphatic carbocycles. The van der Waals surface area contributed by atoms with Crippen molar-refractivity contribution in [2.45, 2.75) is 17.2 Å². The van der Waals surface area contributed by atoms with Crippen LogP contribution < -0.4 is 5.73 Å². The van der Waals surface area contributed by atoms with E-state index >= 15 is 0 Å². The number of aliphatic hydroxyl groups is 2. The summed E-state index contributed by atoms with van der Waals surface area (Å²) < 4.78 is 42.0. The number of fused-ring (bicyclic) bond motifs is 1. The second-order valence-electron chi connectivity index (χ2n) is 7.45. The average molecular weight is 515 g/mol. The number of hydrogen-bond acceptors (Lipinski definition) is 7. The fourth-order valence-electron chi connectivity index (χ4n) is 3.14. The largest absolute Gasteiger partial charge is 0.506 e. The lowest BCUT2D eigenvalue weighted by Gasteiger charge is -2.08. The molecule has 12 heteroatoms. The van der Waals surface area contributed by atoms with E-state index in [2.05, 4.69) is 14.4 Å². The molecule has 4 aromatic rings. The molecule has 0 radical (unpaired) electrons. The van der Waals surface area contributed by atoms with Gasteiger partial charge in [-0.3, -0.25) is 4.79 Å². The second kappa shape index (κ2) is 9.41. The summed E-state index contributed by atoms with van der Waals surface area (Å²) in [6.07, 6.45) is -1.28. The molecule has 0 saturated carbocycles. The highest BCUT2D eigenvalue weighted by molar-refractivity contribution is 7.92. The first-order chi connectivity index (χ1) is 16.6. The second-order valence-corrected chi connectivity index (χ2v) is 10.4. The van der Waals surface area contributed by atoms with Gasteiger partial charge in [-0.2, -0.15) is 8.42 Å². The number of nitrogens with zero attached hydrogens (tertiary/aromatic N) is 2. The number of aliphatic hydroxyl groups excluding tert-OH is 2. The van der Waals surface area contributed by atoms with Gasteiger partial charge in [-0.25, -0.2) is 9.37 Å². The number of carbonyl (C=O) groups is 1. The number of benzene rings is 2. The minimum atomic E-state index is -4.29. The van der Waals surface area contributed by atoms with Crippen LogP contribution in [0.25, 0.3) is 22.4 Å². The molecular formula is C23H19FN4O5S2. The van der Waals surface area contributed by atoms with Gasteiger partial charge in [0.05, 0.1) is 15.9 Å². The molecule has 4 rings (SSSR count). The monoisotopic (exact) mass is 514 g/mol. The van der Waals surface area contributed by atoms with Crippen molar-refractivity contribution in [3.05, 3.63) is 82.7 Å². The number of halogens is 1. The van der Waals surface area contributed by atoms with E-state index in [4.69, 9.17) is 5.73 Å². The molecule has 180 valence electrons. The third-order valence-electron chi connectivity index (χ3n) is 4.90. The summed E-state index contributed by atoms with van der Waals surface area (Å²) in [5.74, 6) is -2.39. The minimum Gasteiger partial charge on any atom is -0.506 e. The van der Waals surface area contributed by atoms with Crippen molar-refractivity contribution in [1.82, 2.24) is 9.97 Å². The Kier molecular flexibility index (Phi) is 6.52. The van der Waals surface area contributed by atoms with Gasteiger partial charge in [0, 0.05) is 5.56 Å². The van der Waals surface area contributed by atoms with Gasteiger partial charge in [0.15, 0.2) is 0 Å². The predicted octanol–water partition coefficient (Wildman–Crippen LogP) is 3.50. The van der Waals surface area contributed by atoms with Crippen LogP contribution in [0.1, 0.15) is 28.0 Å². The van der Waals surface area contributed by atoms with Crippen molar-refractivity contribution < 1.29 is 27.8 Å². The molecule has 2 aromatic heterocycles. The van der Waals surface area contributed by atoms with Crippen LogP contribution in [0.15, 0.2) is 69.3 Å². The number of amidine groups is 1. The summed E-state index contributed by atoms with van der Waals surface area (Å²) in [5, 5.41) is 20.4. The number of aromatic amines is 1. The van der Waals surface area contributed by atoms with Crippen LogP contribution >= 0.6 is 11.3 Å². The number of imidazole rings is 1. The third-order valence-corrected chi connectivity index (χ3v) is 7.76. The first-order valence-electron chi connectivity index (χ1n) is 10.1. The van der Waals surface area contributed by atoms with Gasteiger partial charge >= 0.3 is 0 Å². The highest BCUT2D eigenvalue weighted by Crippen LogP contribution is 2.32. The summed E-state index contributed by atoms with van der Waals surface area (Å²) in [5.41, 5.74) is 6.34. The van der Waals surface area contributed by atoms with E-state index < -0.39 is 39.3 Å². The lowest BCUT2D eigenvalue weighted by atomic mass is 10.0. The molecule has 35 heavy (non-hydrogen) atoms. The van der Waals surface area contributed by atoms with Gasteiger partial charge in [-0.1, -0.05) is 24.3 Å². The highest BCUT2D eigenvalue weighted by Gasteiger charge is 2.27. The molecule has 0 aliphatic heterocycles. The van der Waals surface area contributed by atoms with Crippen LogP contribution in [0.2, 0.25) is 0 Å². The molecule has 0 fully saturated rings. The number of carbonyl (C=O) groups excluding carboxylic acids is 1. The Hall–Kier alpha value is -3.87. The summed E-state index contributed by atoms with van der Waals surface area (Å²) in [4.78, 5) is 20.8. The van der Waals surface area contributed by atoms with E-state index in [1.54, 1.807) is 24.3 Å². The molecule has 0 saturated heterocycles. The zero-order chi connectivity index (χ0) is 25.3. The van der Waals surface area contributed by atoms with Gasteiger partial charge in [0.1, 0.15) is 39.1 Å². The third kappa shape index (κ3) is 4.99. The normalized spacial score (nSPS) is 14.1. The molecule has 0 unspecified atom stereocenters. The van der Waals surface area contributed by atoms with Crippen LogP contribution in [0, 0.1) is 5.82 Å². The standard InChI is InChI=1S/C23H19FN4O5S2/c1-12(29)22(25)28-35(32,33)18-10-9-17(34-18)21(31)19(20(30)13-5-4-6-14(24)11-13)23-26-15-7-2-3-8-16(15)27-23/h2-12,29-30H,1H3,(H2,25,28)(H,26,27)/t12-/m0/s1. The van der Waals surface area contributed by atoms with Crippen molar-refractivity contribution >= 4 is 55.3 Å². The Morgan fingerprint density at radius 2 is 1.91 bits per heavy atom. The quantitative estimate of drug-likeness (QED) is 0.0966. The van der Waals surface area contributed by atoms with Crippen LogP contribution in [0.4, 0.5) is 4.39 Å². The lowest BCUT2D eigenvalue weighted by molar-refractivity contribution is 0.105. The van der Waals surface area contributed by atoms with Crippen molar-refractivity contribution in [3.63, 3.8) is 0 Å². The Balaban J connectivity index is 1.84. The topological polar surface area (TPSA) is 159 Å². The van der Waals surface area contributed by atoms with Crippen molar-refractivity contribution in [3.8, 4) is 0 Å². The van der Waals surface area contributed by atoms with Crippen LogP contribution in [0.5, 0.6) is 0 Å². The number of rotatable bonds is 7. The maximum Gasteiger partial charge on any atom is 0.293 e. The number of ketones is 1.